The van der Waals surface area contributed by atoms with E-state index >= 15 is 0 Å². The molecule has 5 nitrogen and oxygen atoms in total. The Kier molecular flexibility index (Phi) is 3.52. The van der Waals surface area contributed by atoms with Crippen LogP contribution in [0.25, 0.3) is 0 Å². The Balaban J connectivity index is 1.68. The summed E-state index contributed by atoms with van der Waals surface area (Å²) in [6, 6.07) is 4.94. The number of aromatic nitrogens is 3. The summed E-state index contributed by atoms with van der Waals surface area (Å²) in [5, 5.41) is 11.9. The first-order chi connectivity index (χ1) is 9.61. The second-order valence-corrected chi connectivity index (χ2v) is 5.53. The molecule has 1 atom stereocenters. The van der Waals surface area contributed by atoms with Crippen LogP contribution >= 0.6 is 15.9 Å². The van der Waals surface area contributed by atoms with Crippen LogP contribution in [-0.4, -0.2) is 26.8 Å². The predicted molar refractivity (Wildman–Crippen MR) is 74.9 cm³/mol. The fourth-order valence-corrected chi connectivity index (χ4v) is 2.31. The zero-order chi connectivity index (χ0) is 14.1. The molecule has 0 fully saturated rings. The van der Waals surface area contributed by atoms with Crippen LogP contribution in [0.3, 0.4) is 0 Å². The molecule has 0 N–H and O–H groups in total. The highest BCUT2D eigenvalue weighted by molar-refractivity contribution is 9.10. The molecule has 0 saturated carbocycles. The molecule has 20 heavy (non-hydrogen) atoms. The van der Waals surface area contributed by atoms with Crippen LogP contribution < -0.4 is 0 Å². The van der Waals surface area contributed by atoms with Gasteiger partial charge in [-0.25, -0.2) is 9.07 Å². The van der Waals surface area contributed by atoms with Gasteiger partial charge in [-0.1, -0.05) is 16.4 Å². The summed E-state index contributed by atoms with van der Waals surface area (Å²) in [5.41, 5.74) is 2.35. The lowest BCUT2D eigenvalue weighted by molar-refractivity contribution is 0.0693. The molecule has 0 bridgehead atoms. The van der Waals surface area contributed by atoms with E-state index in [9.17, 15) is 4.39 Å². The van der Waals surface area contributed by atoms with E-state index in [2.05, 4.69) is 31.4 Å². The van der Waals surface area contributed by atoms with Gasteiger partial charge in [0.05, 0.1) is 22.4 Å². The average Bonchev–Trinajstić information content (AvgIpc) is 3.03. The molecule has 1 aromatic carbocycles. The van der Waals surface area contributed by atoms with E-state index in [1.165, 1.54) is 6.07 Å². The molecule has 0 saturated heterocycles. The zero-order valence-electron chi connectivity index (χ0n) is 10.8. The van der Waals surface area contributed by atoms with Crippen LogP contribution in [0.5, 0.6) is 0 Å². The van der Waals surface area contributed by atoms with E-state index in [1.54, 1.807) is 10.7 Å². The average molecular weight is 339 g/mol. The van der Waals surface area contributed by atoms with Gasteiger partial charge in [0.15, 0.2) is 6.10 Å². The Hall–Kier alpha value is -1.76. The van der Waals surface area contributed by atoms with Crippen LogP contribution in [0.4, 0.5) is 4.39 Å². The third kappa shape index (κ3) is 2.72. The quantitative estimate of drug-likeness (QED) is 0.864. The molecule has 104 valence electrons. The standard InChI is InChI=1S/C13H12BrFN4O/c1-8-6-19(18-16-8)7-10-5-13(17-20-10)9-2-3-11(14)12(15)4-9/h2-4,6,10H,5,7H2,1H3. The van der Waals surface area contributed by atoms with Gasteiger partial charge in [0.1, 0.15) is 5.82 Å². The molecule has 0 radical (unpaired) electrons. The number of rotatable bonds is 3. The highest BCUT2D eigenvalue weighted by atomic mass is 79.9. The molecule has 2 heterocycles. The van der Waals surface area contributed by atoms with Gasteiger partial charge in [-0.3, -0.25) is 0 Å². The van der Waals surface area contributed by atoms with E-state index in [0.717, 1.165) is 17.0 Å². The van der Waals surface area contributed by atoms with Gasteiger partial charge >= 0.3 is 0 Å². The highest BCUT2D eigenvalue weighted by Gasteiger charge is 2.23. The number of oxime groups is 1. The minimum Gasteiger partial charge on any atom is -0.390 e. The fraction of sp³-hybridized carbons (Fsp3) is 0.308. The number of hydrogen-bond acceptors (Lipinski definition) is 4. The van der Waals surface area contributed by atoms with Gasteiger partial charge in [-0.15, -0.1) is 5.10 Å². The van der Waals surface area contributed by atoms with Gasteiger partial charge in [-0.05, 0) is 35.0 Å². The Morgan fingerprint density at radius 2 is 2.35 bits per heavy atom. The maximum Gasteiger partial charge on any atom is 0.152 e. The second kappa shape index (κ2) is 5.32. The number of aryl methyl sites for hydroxylation is 1. The van der Waals surface area contributed by atoms with Gasteiger partial charge in [-0.2, -0.15) is 0 Å². The molecule has 0 amide bonds. The highest BCUT2D eigenvalue weighted by Crippen LogP contribution is 2.22. The van der Waals surface area contributed by atoms with Gasteiger partial charge in [0.2, 0.25) is 0 Å². The Morgan fingerprint density at radius 3 is 3.05 bits per heavy atom. The maximum atomic E-state index is 13.5. The summed E-state index contributed by atoms with van der Waals surface area (Å²) in [6.45, 7) is 2.46. The van der Waals surface area contributed by atoms with Crippen molar-refractivity contribution in [1.29, 1.82) is 0 Å². The van der Waals surface area contributed by atoms with E-state index < -0.39 is 0 Å². The first-order valence-corrected chi connectivity index (χ1v) is 6.96. The molecule has 2 aromatic rings. The summed E-state index contributed by atoms with van der Waals surface area (Å²) in [4.78, 5) is 5.37. The van der Waals surface area contributed by atoms with Crippen LogP contribution in [0.15, 0.2) is 34.0 Å². The minimum absolute atomic E-state index is 0.0993. The molecule has 0 aliphatic carbocycles. The van der Waals surface area contributed by atoms with E-state index in [-0.39, 0.29) is 11.9 Å². The zero-order valence-corrected chi connectivity index (χ0v) is 12.3. The Morgan fingerprint density at radius 1 is 1.50 bits per heavy atom. The van der Waals surface area contributed by atoms with Crippen LogP contribution in [-0.2, 0) is 11.4 Å². The largest absolute Gasteiger partial charge is 0.390 e. The summed E-state index contributed by atoms with van der Waals surface area (Å²) >= 11 is 3.13. The number of nitrogens with zero attached hydrogens (tertiary/aromatic N) is 4. The van der Waals surface area contributed by atoms with Gasteiger partial charge in [0.25, 0.3) is 0 Å². The van der Waals surface area contributed by atoms with Crippen molar-refractivity contribution in [2.45, 2.75) is 26.0 Å². The van der Waals surface area contributed by atoms with Crippen molar-refractivity contribution >= 4 is 21.6 Å². The summed E-state index contributed by atoms with van der Waals surface area (Å²) < 4.78 is 15.7. The lowest BCUT2D eigenvalue weighted by Gasteiger charge is -2.07. The molecule has 1 aliphatic heterocycles. The van der Waals surface area contributed by atoms with Crippen LogP contribution in [0.1, 0.15) is 17.7 Å². The van der Waals surface area contributed by atoms with Crippen molar-refractivity contribution in [1.82, 2.24) is 15.0 Å². The molecular weight excluding hydrogens is 327 g/mol. The van der Waals surface area contributed by atoms with Crippen molar-refractivity contribution in [3.63, 3.8) is 0 Å². The van der Waals surface area contributed by atoms with Crippen molar-refractivity contribution in [3.05, 3.63) is 45.9 Å². The number of hydrogen-bond donors (Lipinski definition) is 0. The molecular formula is C13H12BrFN4O. The fourth-order valence-electron chi connectivity index (χ4n) is 2.07. The van der Waals surface area contributed by atoms with E-state index in [0.29, 0.717) is 17.4 Å². The van der Waals surface area contributed by atoms with Crippen LogP contribution in [0, 0.1) is 12.7 Å². The molecule has 1 aromatic heterocycles. The van der Waals surface area contributed by atoms with Crippen molar-refractivity contribution in [2.24, 2.45) is 5.16 Å². The van der Waals surface area contributed by atoms with Gasteiger partial charge < -0.3 is 4.84 Å². The summed E-state index contributed by atoms with van der Waals surface area (Å²) in [7, 11) is 0. The second-order valence-electron chi connectivity index (χ2n) is 4.68. The van der Waals surface area contributed by atoms with Gasteiger partial charge in [0, 0.05) is 18.2 Å². The Labute approximate surface area is 123 Å². The van der Waals surface area contributed by atoms with E-state index in [1.807, 2.05) is 19.2 Å². The smallest absolute Gasteiger partial charge is 0.152 e. The topological polar surface area (TPSA) is 52.3 Å². The van der Waals surface area contributed by atoms with Crippen LogP contribution in [0.2, 0.25) is 0 Å². The monoisotopic (exact) mass is 338 g/mol. The molecule has 1 aliphatic rings. The minimum atomic E-state index is -0.305. The lowest BCUT2D eigenvalue weighted by Crippen LogP contribution is -2.17. The normalized spacial score (nSPS) is 17.9. The number of halogens is 2. The SMILES string of the molecule is Cc1cn(CC2CC(c3ccc(Br)c(F)c3)=NO2)nn1. The number of benzene rings is 1. The van der Waals surface area contributed by atoms with E-state index in [4.69, 9.17) is 4.84 Å². The predicted octanol–water partition coefficient (Wildman–Crippen LogP) is 2.68. The third-order valence-electron chi connectivity index (χ3n) is 3.03. The summed E-state index contributed by atoms with van der Waals surface area (Å²) in [5.74, 6) is -0.305. The first kappa shape index (κ1) is 13.2. The molecule has 3 rings (SSSR count). The van der Waals surface area contributed by atoms with Crippen molar-refractivity contribution in [3.8, 4) is 0 Å². The van der Waals surface area contributed by atoms with Crippen molar-refractivity contribution < 1.29 is 9.23 Å². The maximum absolute atomic E-state index is 13.5. The molecule has 0 spiro atoms. The first-order valence-electron chi connectivity index (χ1n) is 6.16. The summed E-state index contributed by atoms with van der Waals surface area (Å²) in [6.07, 6.45) is 2.37. The van der Waals surface area contributed by atoms with Crippen molar-refractivity contribution in [2.75, 3.05) is 0 Å². The molecule has 1 unspecified atom stereocenters. The third-order valence-corrected chi connectivity index (χ3v) is 3.67. The lowest BCUT2D eigenvalue weighted by atomic mass is 10.1. The Bertz CT molecular complexity index is 670. The molecule has 7 heteroatoms.